The molecule has 2 nitrogen and oxygen atoms in total. The fraction of sp³-hybridized carbons (Fsp3) is 0.167. The van der Waals surface area contributed by atoms with Crippen molar-refractivity contribution in [1.29, 1.82) is 0 Å². The van der Waals surface area contributed by atoms with Crippen LogP contribution in [-0.4, -0.2) is 10.1 Å². The summed E-state index contributed by atoms with van der Waals surface area (Å²) >= 11 is 0. The summed E-state index contributed by atoms with van der Waals surface area (Å²) in [7, 11) is 0. The molecule has 1 N–H and O–H groups in total. The molecule has 0 aromatic carbocycles. The molecule has 0 saturated carbocycles. The molecular weight excluding hydrogens is 159 g/mol. The van der Waals surface area contributed by atoms with Crippen LogP contribution in [0.3, 0.4) is 0 Å². The van der Waals surface area contributed by atoms with Gasteiger partial charge in [0.05, 0.1) is 0 Å². The third-order valence-electron chi connectivity index (χ3n) is 1.26. The number of aromatic nitrogens is 1. The van der Waals surface area contributed by atoms with Crippen LogP contribution >= 0.6 is 0 Å². The summed E-state index contributed by atoms with van der Waals surface area (Å²) in [5, 5.41) is 8.67. The highest BCUT2D eigenvalue weighted by Crippen LogP contribution is 2.22. The number of halogens is 3. The van der Waals surface area contributed by atoms with Crippen molar-refractivity contribution in [2.24, 2.45) is 0 Å². The quantitative estimate of drug-likeness (QED) is 0.588. The Bertz CT molecular complexity index is 274. The second-order valence-corrected chi connectivity index (χ2v) is 1.98. The van der Waals surface area contributed by atoms with Gasteiger partial charge in [-0.05, 0) is 6.92 Å². The van der Waals surface area contributed by atoms with Gasteiger partial charge in [-0.15, -0.1) is 0 Å². The Labute approximate surface area is 60.3 Å². The maximum absolute atomic E-state index is 12.4. The zero-order valence-corrected chi connectivity index (χ0v) is 5.53. The van der Waals surface area contributed by atoms with E-state index >= 15 is 0 Å². The van der Waals surface area contributed by atoms with Crippen molar-refractivity contribution in [1.82, 2.24) is 4.98 Å². The lowest BCUT2D eigenvalue weighted by Crippen LogP contribution is -1.97. The van der Waals surface area contributed by atoms with Crippen LogP contribution in [0.4, 0.5) is 13.2 Å². The van der Waals surface area contributed by atoms with Crippen molar-refractivity contribution in [3.8, 4) is 5.75 Å². The van der Waals surface area contributed by atoms with Gasteiger partial charge in [0, 0.05) is 5.56 Å². The molecule has 0 aliphatic rings. The SMILES string of the molecule is Cc1c(O)c(F)nc(F)c1F. The van der Waals surface area contributed by atoms with E-state index in [0.717, 1.165) is 6.92 Å². The second kappa shape index (κ2) is 2.41. The number of rotatable bonds is 0. The highest BCUT2D eigenvalue weighted by atomic mass is 19.2. The maximum Gasteiger partial charge on any atom is 0.258 e. The molecule has 0 aliphatic heterocycles. The van der Waals surface area contributed by atoms with Crippen LogP contribution in [0.5, 0.6) is 5.75 Å². The molecule has 0 bridgehead atoms. The largest absolute Gasteiger partial charge is 0.503 e. The molecule has 60 valence electrons. The van der Waals surface area contributed by atoms with E-state index in [1.54, 1.807) is 0 Å². The first kappa shape index (κ1) is 7.84. The van der Waals surface area contributed by atoms with Gasteiger partial charge in [0.15, 0.2) is 11.6 Å². The third kappa shape index (κ3) is 1.13. The Kier molecular flexibility index (Phi) is 1.72. The van der Waals surface area contributed by atoms with Crippen LogP contribution in [0.1, 0.15) is 5.56 Å². The van der Waals surface area contributed by atoms with Gasteiger partial charge in [-0.2, -0.15) is 13.8 Å². The summed E-state index contributed by atoms with van der Waals surface area (Å²) in [4.78, 5) is 2.48. The van der Waals surface area contributed by atoms with Crippen molar-refractivity contribution in [2.75, 3.05) is 0 Å². The molecule has 0 aliphatic carbocycles. The molecule has 0 saturated heterocycles. The van der Waals surface area contributed by atoms with Crippen LogP contribution in [0.15, 0.2) is 0 Å². The van der Waals surface area contributed by atoms with E-state index in [0.29, 0.717) is 0 Å². The van der Waals surface area contributed by atoms with Crippen LogP contribution in [0, 0.1) is 24.6 Å². The monoisotopic (exact) mass is 163 g/mol. The van der Waals surface area contributed by atoms with Crippen LogP contribution in [0.2, 0.25) is 0 Å². The number of aromatic hydroxyl groups is 1. The van der Waals surface area contributed by atoms with Crippen molar-refractivity contribution in [3.63, 3.8) is 0 Å². The summed E-state index contributed by atoms with van der Waals surface area (Å²) in [6.45, 7) is 1.05. The average molecular weight is 163 g/mol. The van der Waals surface area contributed by atoms with Gasteiger partial charge in [-0.3, -0.25) is 0 Å². The molecule has 0 unspecified atom stereocenters. The molecule has 1 aromatic heterocycles. The number of hydrogen-bond acceptors (Lipinski definition) is 2. The van der Waals surface area contributed by atoms with Crippen LogP contribution in [-0.2, 0) is 0 Å². The Morgan fingerprint density at radius 3 is 2.27 bits per heavy atom. The van der Waals surface area contributed by atoms with Gasteiger partial charge < -0.3 is 5.11 Å². The zero-order valence-electron chi connectivity index (χ0n) is 5.53. The summed E-state index contributed by atoms with van der Waals surface area (Å²) < 4.78 is 36.8. The van der Waals surface area contributed by atoms with E-state index in [2.05, 4.69) is 4.98 Å². The second-order valence-electron chi connectivity index (χ2n) is 1.98. The molecule has 0 atom stereocenters. The summed E-state index contributed by atoms with van der Waals surface area (Å²) in [5.41, 5.74) is -0.477. The Morgan fingerprint density at radius 2 is 1.73 bits per heavy atom. The highest BCUT2D eigenvalue weighted by molar-refractivity contribution is 5.29. The fourth-order valence-corrected chi connectivity index (χ4v) is 0.602. The molecule has 0 radical (unpaired) electrons. The number of hydrogen-bond donors (Lipinski definition) is 1. The smallest absolute Gasteiger partial charge is 0.258 e. The summed E-state index contributed by atoms with van der Waals surface area (Å²) in [5.74, 6) is -5.23. The van der Waals surface area contributed by atoms with Crippen molar-refractivity contribution in [3.05, 3.63) is 23.3 Å². The predicted molar refractivity (Wildman–Crippen MR) is 30.5 cm³/mol. The minimum Gasteiger partial charge on any atom is -0.503 e. The van der Waals surface area contributed by atoms with E-state index in [1.165, 1.54) is 0 Å². The van der Waals surface area contributed by atoms with E-state index < -0.39 is 29.0 Å². The van der Waals surface area contributed by atoms with Crippen LogP contribution in [0.25, 0.3) is 0 Å². The lowest BCUT2D eigenvalue weighted by Gasteiger charge is -2.00. The number of nitrogens with zero attached hydrogens (tertiary/aromatic N) is 1. The third-order valence-corrected chi connectivity index (χ3v) is 1.26. The first-order valence-corrected chi connectivity index (χ1v) is 2.74. The molecular formula is C6H4F3NO. The summed E-state index contributed by atoms with van der Waals surface area (Å²) in [6.07, 6.45) is 0. The van der Waals surface area contributed by atoms with E-state index in [9.17, 15) is 13.2 Å². The first-order valence-electron chi connectivity index (χ1n) is 2.74. The summed E-state index contributed by atoms with van der Waals surface area (Å²) in [6, 6.07) is 0. The highest BCUT2D eigenvalue weighted by Gasteiger charge is 2.15. The van der Waals surface area contributed by atoms with Gasteiger partial charge in [0.1, 0.15) is 0 Å². The number of pyridine rings is 1. The van der Waals surface area contributed by atoms with Gasteiger partial charge in [0.25, 0.3) is 11.9 Å². The molecule has 0 fully saturated rings. The normalized spacial score (nSPS) is 10.2. The molecule has 5 heteroatoms. The minimum atomic E-state index is -1.54. The maximum atomic E-state index is 12.4. The molecule has 0 amide bonds. The van der Waals surface area contributed by atoms with Crippen molar-refractivity contribution < 1.29 is 18.3 Å². The Hall–Kier alpha value is -1.26. The van der Waals surface area contributed by atoms with E-state index in [-0.39, 0.29) is 0 Å². The minimum absolute atomic E-state index is 0.477. The molecule has 1 aromatic rings. The van der Waals surface area contributed by atoms with Crippen LogP contribution < -0.4 is 0 Å². The Balaban J connectivity index is 3.46. The molecule has 1 rings (SSSR count). The lowest BCUT2D eigenvalue weighted by atomic mass is 10.2. The van der Waals surface area contributed by atoms with Crippen molar-refractivity contribution in [2.45, 2.75) is 6.92 Å². The van der Waals surface area contributed by atoms with Gasteiger partial charge >= 0.3 is 0 Å². The topological polar surface area (TPSA) is 33.1 Å². The van der Waals surface area contributed by atoms with E-state index in [1.807, 2.05) is 0 Å². The lowest BCUT2D eigenvalue weighted by molar-refractivity contribution is 0.377. The van der Waals surface area contributed by atoms with Gasteiger partial charge in [0.2, 0.25) is 0 Å². The Morgan fingerprint density at radius 1 is 1.18 bits per heavy atom. The fourth-order valence-electron chi connectivity index (χ4n) is 0.602. The molecule has 1 heterocycles. The average Bonchev–Trinajstić information content (AvgIpc) is 1.97. The zero-order chi connectivity index (χ0) is 8.59. The van der Waals surface area contributed by atoms with E-state index in [4.69, 9.17) is 5.11 Å². The first-order chi connectivity index (χ1) is 5.04. The van der Waals surface area contributed by atoms with Gasteiger partial charge in [-0.25, -0.2) is 4.39 Å². The van der Waals surface area contributed by atoms with Crippen molar-refractivity contribution >= 4 is 0 Å². The predicted octanol–water partition coefficient (Wildman–Crippen LogP) is 1.51. The van der Waals surface area contributed by atoms with Gasteiger partial charge in [-0.1, -0.05) is 0 Å². The molecule has 0 spiro atoms. The molecule has 11 heavy (non-hydrogen) atoms. The standard InChI is InChI=1S/C6H4F3NO/c1-2-3(7)5(8)10-6(9)4(2)11/h11H,1H3.